The van der Waals surface area contributed by atoms with Gasteiger partial charge in [0, 0.05) is 16.4 Å². The number of aryl methyl sites for hydroxylation is 1. The maximum absolute atomic E-state index is 12.4. The first-order valence-corrected chi connectivity index (χ1v) is 6.85. The molecule has 2 rings (SSSR count). The Morgan fingerprint density at radius 2 is 2.05 bits per heavy atom. The van der Waals surface area contributed by atoms with E-state index in [2.05, 4.69) is 21.2 Å². The molecule has 0 atom stereocenters. The van der Waals surface area contributed by atoms with Gasteiger partial charge in [0.25, 0.3) is 5.91 Å². The van der Waals surface area contributed by atoms with Crippen molar-refractivity contribution < 1.29 is 18.0 Å². The summed E-state index contributed by atoms with van der Waals surface area (Å²) in [5.41, 5.74) is 1.33. The van der Waals surface area contributed by atoms with Crippen molar-refractivity contribution in [2.45, 2.75) is 19.6 Å². The van der Waals surface area contributed by atoms with Crippen LogP contribution in [0.2, 0.25) is 0 Å². The van der Waals surface area contributed by atoms with E-state index in [0.717, 1.165) is 14.6 Å². The predicted molar refractivity (Wildman–Crippen MR) is 77.3 cm³/mol. The second-order valence-corrected chi connectivity index (χ2v) is 5.47. The third-order valence-corrected chi connectivity index (χ3v) is 3.35. The number of benzene rings is 1. The van der Waals surface area contributed by atoms with Crippen molar-refractivity contribution in [2.24, 2.45) is 0 Å². The maximum atomic E-state index is 12.4. The summed E-state index contributed by atoms with van der Waals surface area (Å²) in [4.78, 5) is 12.1. The van der Waals surface area contributed by atoms with E-state index in [4.69, 9.17) is 0 Å². The minimum atomic E-state index is -4.38. The van der Waals surface area contributed by atoms with E-state index >= 15 is 0 Å². The number of halogens is 4. The van der Waals surface area contributed by atoms with Crippen LogP contribution in [-0.4, -0.2) is 16.7 Å². The van der Waals surface area contributed by atoms with Crippen LogP contribution >= 0.6 is 15.9 Å². The Kier molecular flexibility index (Phi) is 4.41. The fourth-order valence-electron chi connectivity index (χ4n) is 1.87. The molecular formula is C14H12BrF3N2O. The van der Waals surface area contributed by atoms with Crippen LogP contribution in [0.25, 0.3) is 0 Å². The number of aromatic nitrogens is 1. The van der Waals surface area contributed by atoms with E-state index in [-0.39, 0.29) is 5.69 Å². The lowest BCUT2D eigenvalue weighted by Crippen LogP contribution is -2.23. The summed E-state index contributed by atoms with van der Waals surface area (Å²) < 4.78 is 39.0. The normalized spacial score (nSPS) is 11.5. The summed E-state index contributed by atoms with van der Waals surface area (Å²) in [7, 11) is 0. The van der Waals surface area contributed by atoms with E-state index in [0.29, 0.717) is 5.69 Å². The summed E-state index contributed by atoms with van der Waals surface area (Å²) in [6.45, 7) is 0.608. The Hall–Kier alpha value is -1.76. The zero-order chi connectivity index (χ0) is 15.6. The molecule has 0 radical (unpaired) electrons. The third-order valence-electron chi connectivity index (χ3n) is 2.86. The minimum Gasteiger partial charge on any atom is -0.334 e. The van der Waals surface area contributed by atoms with Crippen LogP contribution < -0.4 is 5.32 Å². The van der Waals surface area contributed by atoms with Gasteiger partial charge >= 0.3 is 6.18 Å². The average Bonchev–Trinajstić information content (AvgIpc) is 2.79. The van der Waals surface area contributed by atoms with Crippen LogP contribution in [0.1, 0.15) is 16.1 Å². The number of hydrogen-bond donors (Lipinski definition) is 1. The van der Waals surface area contributed by atoms with E-state index in [1.165, 1.54) is 18.3 Å². The average molecular weight is 361 g/mol. The third kappa shape index (κ3) is 4.10. The first-order valence-electron chi connectivity index (χ1n) is 6.06. The molecular weight excluding hydrogens is 349 g/mol. The molecule has 0 aliphatic carbocycles. The van der Waals surface area contributed by atoms with Crippen LogP contribution in [0.15, 0.2) is 41.0 Å². The van der Waals surface area contributed by atoms with Crippen molar-refractivity contribution in [3.8, 4) is 0 Å². The highest BCUT2D eigenvalue weighted by Gasteiger charge is 2.29. The van der Waals surface area contributed by atoms with Crippen LogP contribution in [0.5, 0.6) is 0 Å². The van der Waals surface area contributed by atoms with Crippen molar-refractivity contribution in [3.05, 3.63) is 52.3 Å². The van der Waals surface area contributed by atoms with Gasteiger partial charge in [-0.15, -0.1) is 0 Å². The van der Waals surface area contributed by atoms with Gasteiger partial charge in [-0.3, -0.25) is 4.79 Å². The number of carbonyl (C=O) groups is 1. The van der Waals surface area contributed by atoms with Crippen molar-refractivity contribution in [1.29, 1.82) is 0 Å². The van der Waals surface area contributed by atoms with E-state index in [1.54, 1.807) is 19.1 Å². The molecule has 0 aliphatic rings. The quantitative estimate of drug-likeness (QED) is 0.865. The van der Waals surface area contributed by atoms with Crippen molar-refractivity contribution in [3.63, 3.8) is 0 Å². The fourth-order valence-corrected chi connectivity index (χ4v) is 2.23. The zero-order valence-electron chi connectivity index (χ0n) is 11.0. The van der Waals surface area contributed by atoms with Crippen LogP contribution in [0.3, 0.4) is 0 Å². The Morgan fingerprint density at radius 3 is 2.71 bits per heavy atom. The molecule has 21 heavy (non-hydrogen) atoms. The topological polar surface area (TPSA) is 34.0 Å². The van der Waals surface area contributed by atoms with Gasteiger partial charge in [0.2, 0.25) is 0 Å². The number of nitrogens with zero attached hydrogens (tertiary/aromatic N) is 1. The molecule has 1 aromatic carbocycles. The smallest absolute Gasteiger partial charge is 0.334 e. The van der Waals surface area contributed by atoms with E-state index in [1.807, 2.05) is 6.07 Å². The van der Waals surface area contributed by atoms with E-state index in [9.17, 15) is 18.0 Å². The van der Waals surface area contributed by atoms with Crippen LogP contribution in [0, 0.1) is 6.92 Å². The molecule has 0 unspecified atom stereocenters. The van der Waals surface area contributed by atoms with Crippen molar-refractivity contribution in [2.75, 3.05) is 5.32 Å². The molecule has 1 N–H and O–H groups in total. The molecule has 1 aromatic heterocycles. The molecule has 1 amide bonds. The monoisotopic (exact) mass is 360 g/mol. The number of amides is 1. The van der Waals surface area contributed by atoms with Gasteiger partial charge in [-0.1, -0.05) is 22.0 Å². The lowest BCUT2D eigenvalue weighted by atomic mass is 10.2. The highest BCUT2D eigenvalue weighted by molar-refractivity contribution is 9.10. The highest BCUT2D eigenvalue weighted by atomic mass is 79.9. The summed E-state index contributed by atoms with van der Waals surface area (Å²) in [5, 5.41) is 2.62. The molecule has 1 heterocycles. The lowest BCUT2D eigenvalue weighted by Gasteiger charge is -2.13. The molecule has 0 spiro atoms. The van der Waals surface area contributed by atoms with Crippen LogP contribution in [0.4, 0.5) is 18.9 Å². The van der Waals surface area contributed by atoms with Gasteiger partial charge in [0.05, 0.1) is 0 Å². The summed E-state index contributed by atoms with van der Waals surface area (Å²) in [6, 6.07) is 8.08. The van der Waals surface area contributed by atoms with Gasteiger partial charge in [0.1, 0.15) is 12.2 Å². The molecule has 0 fully saturated rings. The molecule has 112 valence electrons. The van der Waals surface area contributed by atoms with Gasteiger partial charge in [-0.05, 0) is 36.8 Å². The number of nitrogens with one attached hydrogen (secondary N) is 1. The van der Waals surface area contributed by atoms with Gasteiger partial charge < -0.3 is 9.88 Å². The van der Waals surface area contributed by atoms with Crippen molar-refractivity contribution in [1.82, 2.24) is 4.57 Å². The van der Waals surface area contributed by atoms with Gasteiger partial charge in [0.15, 0.2) is 0 Å². The SMILES string of the molecule is Cc1ccc(Br)cc1NC(=O)c1cccn1CC(F)(F)F. The Labute approximate surface area is 127 Å². The predicted octanol–water partition coefficient (Wildman–Crippen LogP) is 4.37. The standard InChI is InChI=1S/C14H12BrF3N2O/c1-9-4-5-10(15)7-11(9)19-13(21)12-3-2-6-20(12)8-14(16,17)18/h2-7H,8H2,1H3,(H,19,21). The van der Waals surface area contributed by atoms with Gasteiger partial charge in [-0.25, -0.2) is 0 Å². The summed E-state index contributed by atoms with van der Waals surface area (Å²) >= 11 is 3.28. The molecule has 7 heteroatoms. The number of hydrogen-bond acceptors (Lipinski definition) is 1. The zero-order valence-corrected chi connectivity index (χ0v) is 12.6. The van der Waals surface area contributed by atoms with E-state index < -0.39 is 18.6 Å². The lowest BCUT2D eigenvalue weighted by molar-refractivity contribution is -0.140. The number of anilines is 1. The molecule has 0 saturated heterocycles. The molecule has 0 bridgehead atoms. The Bertz CT molecular complexity index is 664. The summed E-state index contributed by atoms with van der Waals surface area (Å²) in [5.74, 6) is -0.578. The number of carbonyl (C=O) groups excluding carboxylic acids is 1. The molecule has 0 aliphatic heterocycles. The second kappa shape index (κ2) is 5.93. The van der Waals surface area contributed by atoms with Crippen LogP contribution in [-0.2, 0) is 6.54 Å². The first kappa shape index (κ1) is 15.6. The molecule has 3 nitrogen and oxygen atoms in total. The molecule has 2 aromatic rings. The second-order valence-electron chi connectivity index (χ2n) is 4.55. The Morgan fingerprint density at radius 1 is 1.33 bits per heavy atom. The number of alkyl halides is 3. The highest BCUT2D eigenvalue weighted by Crippen LogP contribution is 2.22. The maximum Gasteiger partial charge on any atom is 0.406 e. The van der Waals surface area contributed by atoms with Crippen molar-refractivity contribution >= 4 is 27.5 Å². The molecule has 0 saturated carbocycles. The minimum absolute atomic E-state index is 0.0355. The largest absolute Gasteiger partial charge is 0.406 e. The number of rotatable bonds is 3. The fraction of sp³-hybridized carbons (Fsp3) is 0.214. The van der Waals surface area contributed by atoms with Gasteiger partial charge in [-0.2, -0.15) is 13.2 Å². The first-order chi connectivity index (χ1) is 9.76. The summed E-state index contributed by atoms with van der Waals surface area (Å²) in [6.07, 6.45) is -3.14. The Balaban J connectivity index is 2.21.